The van der Waals surface area contributed by atoms with Crippen molar-refractivity contribution in [2.24, 2.45) is 5.92 Å². The van der Waals surface area contributed by atoms with Crippen LogP contribution in [0.2, 0.25) is 0 Å². The van der Waals surface area contributed by atoms with E-state index in [4.69, 9.17) is 4.74 Å². The Labute approximate surface area is 299 Å². The van der Waals surface area contributed by atoms with Crippen molar-refractivity contribution in [1.29, 1.82) is 0 Å². The summed E-state index contributed by atoms with van der Waals surface area (Å²) in [6.07, 6.45) is 15.5. The number of allylic oxidation sites excluding steroid dienone is 2. The summed E-state index contributed by atoms with van der Waals surface area (Å²) >= 11 is 0. The first kappa shape index (κ1) is 36.2. The van der Waals surface area contributed by atoms with Crippen LogP contribution in [0.25, 0.3) is 10.9 Å². The summed E-state index contributed by atoms with van der Waals surface area (Å²) in [5, 5.41) is 11.9. The number of sulfone groups is 1. The quantitative estimate of drug-likeness (QED) is 0.128. The predicted octanol–water partition coefficient (Wildman–Crippen LogP) is 9.56. The summed E-state index contributed by atoms with van der Waals surface area (Å²) in [6.45, 7) is 9.99. The number of benzene rings is 3. The number of unbranched alkanes of at least 4 members (excludes halogenated alkanes) is 2. The number of nitrogens with zero attached hydrogens (tertiary/aromatic N) is 1. The Morgan fingerprint density at radius 1 is 1.00 bits per heavy atom. The molecule has 0 spiro atoms. The van der Waals surface area contributed by atoms with Gasteiger partial charge in [-0.15, -0.1) is 0 Å². The third-order valence-electron chi connectivity index (χ3n) is 11.3. The fourth-order valence-electron chi connectivity index (χ4n) is 8.34. The number of phenols is 1. The first-order valence-electron chi connectivity index (χ1n) is 18.7. The molecule has 50 heavy (non-hydrogen) atoms. The Balaban J connectivity index is 0.000000175. The van der Waals surface area contributed by atoms with Gasteiger partial charge in [-0.1, -0.05) is 55.7 Å². The van der Waals surface area contributed by atoms with Crippen molar-refractivity contribution in [1.82, 2.24) is 9.88 Å². The molecule has 7 rings (SSSR count). The average Bonchev–Trinajstić information content (AvgIpc) is 3.69. The molecule has 268 valence electrons. The monoisotopic (exact) mass is 696 g/mol. The molecule has 3 heterocycles. The van der Waals surface area contributed by atoms with Crippen molar-refractivity contribution in [2.45, 2.75) is 114 Å². The second kappa shape index (κ2) is 15.4. The Hall–Kier alpha value is -3.55. The molecule has 0 unspecified atom stereocenters. The number of fused-ring (bicyclic) bond motifs is 4. The van der Waals surface area contributed by atoms with Crippen LogP contribution in [-0.4, -0.2) is 54.4 Å². The highest BCUT2D eigenvalue weighted by Crippen LogP contribution is 2.53. The van der Waals surface area contributed by atoms with Gasteiger partial charge in [0, 0.05) is 40.5 Å². The van der Waals surface area contributed by atoms with Crippen molar-refractivity contribution < 1.29 is 18.3 Å². The zero-order valence-corrected chi connectivity index (χ0v) is 31.5. The molecule has 0 amide bonds. The van der Waals surface area contributed by atoms with Gasteiger partial charge < -0.3 is 19.7 Å². The van der Waals surface area contributed by atoms with Crippen molar-refractivity contribution in [2.75, 3.05) is 19.3 Å². The second-order valence-corrected chi connectivity index (χ2v) is 17.5. The van der Waals surface area contributed by atoms with Crippen molar-refractivity contribution >= 4 is 20.7 Å². The fourth-order valence-corrected chi connectivity index (χ4v) is 9.65. The van der Waals surface area contributed by atoms with Gasteiger partial charge in [0.25, 0.3) is 0 Å². The van der Waals surface area contributed by atoms with E-state index >= 15 is 0 Å². The van der Waals surface area contributed by atoms with E-state index in [0.29, 0.717) is 29.0 Å². The fraction of sp³-hybridized carbons (Fsp3) is 0.488. The zero-order chi connectivity index (χ0) is 35.5. The molecule has 7 heteroatoms. The normalized spacial score (nSPS) is 21.5. The number of nitrogens with one attached hydrogen (secondary N) is 1. The molecule has 3 aromatic carbocycles. The predicted molar refractivity (Wildman–Crippen MR) is 205 cm³/mol. The standard InChI is InChI=1S/C22H26N2O2S.C21H30O2/c1-24-12-5-6-19(24)15-18-16-23-22-10-9-17(14-21(18)22)11-13-27(25,26)20-7-3-2-4-8-20;1-5-6-7-8-15-12-18(22)20-16-11-14(2)9-10-17(16)21(3,4)23-19(20)13-15/h2-4,7-10,14,16,19,23H,5-6,11-13,15H2,1H3;11-13,16-17,22H,5-10H2,1-4H3/t19-;16-,17-/m11/s1. The highest BCUT2D eigenvalue weighted by atomic mass is 32.2. The summed E-state index contributed by atoms with van der Waals surface area (Å²) < 4.78 is 31.4. The van der Waals surface area contributed by atoms with Crippen LogP contribution < -0.4 is 4.74 Å². The van der Waals surface area contributed by atoms with Gasteiger partial charge in [-0.2, -0.15) is 0 Å². The number of H-pyrrole nitrogens is 1. The minimum atomic E-state index is -3.25. The van der Waals surface area contributed by atoms with Gasteiger partial charge in [-0.05, 0) is 139 Å². The maximum atomic E-state index is 12.5. The van der Waals surface area contributed by atoms with Gasteiger partial charge >= 0.3 is 0 Å². The number of likely N-dealkylation sites (N-methyl/N-ethyl adjacent to an activating group) is 1. The summed E-state index contributed by atoms with van der Waals surface area (Å²) in [5.74, 6) is 2.18. The molecule has 6 nitrogen and oxygen atoms in total. The summed E-state index contributed by atoms with van der Waals surface area (Å²) in [6, 6.07) is 19.7. The molecule has 1 fully saturated rings. The van der Waals surface area contributed by atoms with Gasteiger partial charge in [0.1, 0.15) is 17.1 Å². The number of aromatic hydroxyl groups is 1. The number of likely N-dealkylation sites (tertiary alicyclic amines) is 1. The van der Waals surface area contributed by atoms with Crippen LogP contribution in [0.1, 0.15) is 101 Å². The van der Waals surface area contributed by atoms with E-state index in [-0.39, 0.29) is 17.3 Å². The van der Waals surface area contributed by atoms with Gasteiger partial charge in [0.15, 0.2) is 9.84 Å². The molecule has 0 radical (unpaired) electrons. The van der Waals surface area contributed by atoms with Crippen molar-refractivity contribution in [3.63, 3.8) is 0 Å². The molecule has 2 aliphatic heterocycles. The molecule has 2 N–H and O–H groups in total. The lowest BCUT2D eigenvalue weighted by atomic mass is 9.68. The van der Waals surface area contributed by atoms with Gasteiger partial charge in [0.2, 0.25) is 0 Å². The lowest BCUT2D eigenvalue weighted by Gasteiger charge is -2.46. The molecule has 4 aromatic rings. The van der Waals surface area contributed by atoms with Crippen LogP contribution in [0, 0.1) is 5.92 Å². The number of aromatic nitrogens is 1. The molecule has 3 aliphatic rings. The molecule has 0 saturated carbocycles. The zero-order valence-electron chi connectivity index (χ0n) is 30.7. The number of hydrogen-bond acceptors (Lipinski definition) is 5. The van der Waals surface area contributed by atoms with E-state index in [1.54, 1.807) is 24.3 Å². The minimum absolute atomic E-state index is 0.133. The molecule has 1 aromatic heterocycles. The lowest BCUT2D eigenvalue weighted by molar-refractivity contribution is 0.0107. The number of ether oxygens (including phenoxy) is 1. The van der Waals surface area contributed by atoms with Crippen LogP contribution in [0.3, 0.4) is 0 Å². The molecule has 1 aliphatic carbocycles. The van der Waals surface area contributed by atoms with Crippen LogP contribution in [0.15, 0.2) is 83.4 Å². The maximum Gasteiger partial charge on any atom is 0.178 e. The van der Waals surface area contributed by atoms with E-state index < -0.39 is 9.84 Å². The first-order valence-corrected chi connectivity index (χ1v) is 20.4. The van der Waals surface area contributed by atoms with Gasteiger partial charge in [-0.3, -0.25) is 0 Å². The molecule has 1 saturated heterocycles. The third-order valence-corrected chi connectivity index (χ3v) is 13.0. The lowest BCUT2D eigenvalue weighted by Crippen LogP contribution is -2.45. The highest BCUT2D eigenvalue weighted by molar-refractivity contribution is 7.91. The minimum Gasteiger partial charge on any atom is -0.507 e. The molecular formula is C43H56N2O4S. The number of phenolic OH excluding ortho intramolecular Hbond substituents is 1. The van der Waals surface area contributed by atoms with E-state index in [1.807, 2.05) is 18.2 Å². The summed E-state index contributed by atoms with van der Waals surface area (Å²) in [7, 11) is -1.05. The Morgan fingerprint density at radius 2 is 1.80 bits per heavy atom. The van der Waals surface area contributed by atoms with E-state index in [9.17, 15) is 13.5 Å². The Bertz CT molecular complexity index is 1910. The van der Waals surface area contributed by atoms with Crippen LogP contribution in [0.4, 0.5) is 0 Å². The first-order chi connectivity index (χ1) is 23.9. The molecular weight excluding hydrogens is 641 g/mol. The smallest absolute Gasteiger partial charge is 0.178 e. The van der Waals surface area contributed by atoms with Gasteiger partial charge in [-0.25, -0.2) is 8.42 Å². The number of rotatable bonds is 10. The molecule has 0 bridgehead atoms. The van der Waals surface area contributed by atoms with Crippen LogP contribution in [0.5, 0.6) is 11.5 Å². The number of aromatic amines is 1. The van der Waals surface area contributed by atoms with Crippen LogP contribution >= 0.6 is 0 Å². The topological polar surface area (TPSA) is 82.6 Å². The largest absolute Gasteiger partial charge is 0.507 e. The Kier molecular flexibility index (Phi) is 11.1. The Morgan fingerprint density at radius 3 is 2.54 bits per heavy atom. The third kappa shape index (κ3) is 8.15. The molecule has 3 atom stereocenters. The second-order valence-electron chi connectivity index (χ2n) is 15.4. The maximum absolute atomic E-state index is 12.5. The van der Waals surface area contributed by atoms with E-state index in [2.05, 4.69) is 75.1 Å². The van der Waals surface area contributed by atoms with Crippen molar-refractivity contribution in [3.8, 4) is 11.5 Å². The number of hydrogen-bond donors (Lipinski definition) is 2. The van der Waals surface area contributed by atoms with Crippen molar-refractivity contribution in [3.05, 3.63) is 101 Å². The average molecular weight is 697 g/mol. The highest BCUT2D eigenvalue weighted by Gasteiger charge is 2.45. The summed E-state index contributed by atoms with van der Waals surface area (Å²) in [4.78, 5) is 6.21. The SMILES string of the molecule is CCCCCc1cc(O)c2c(c1)OC(C)(C)[C@@H]1CCC(C)=C[C@@H]21.CN1CCC[C@@H]1Cc1c[nH]c2ccc(CCS(=O)(=O)c3ccccc3)cc12. The van der Waals surface area contributed by atoms with Crippen LogP contribution in [-0.2, 0) is 29.1 Å². The summed E-state index contributed by atoms with van der Waals surface area (Å²) in [5.41, 5.74) is 6.98. The van der Waals surface area contributed by atoms with Gasteiger partial charge in [0.05, 0.1) is 10.6 Å². The van der Waals surface area contributed by atoms with E-state index in [0.717, 1.165) is 48.1 Å². The number of aryl methyl sites for hydroxylation is 2. The van der Waals surface area contributed by atoms with E-state index in [1.165, 1.54) is 60.7 Å².